The molecule has 6 aromatic carbocycles. The minimum absolute atomic E-state index is 0.0833. The molecule has 2 aliphatic rings. The Kier molecular flexibility index (Phi) is 15.7. The largest absolute Gasteiger partial charge is 0.484 e. The molecule has 0 unspecified atom stereocenters. The number of fused-ring (bicyclic) bond motifs is 1. The highest BCUT2D eigenvalue weighted by atomic mass is 16.7. The Bertz CT molecular complexity index is 2620. The average Bonchev–Trinajstić information content (AvgIpc) is 3.37. The summed E-state index contributed by atoms with van der Waals surface area (Å²) in [5, 5.41) is 0.578. The monoisotopic (exact) mass is 902 g/mol. The Morgan fingerprint density at radius 3 is 1.55 bits per heavy atom. The highest BCUT2D eigenvalue weighted by molar-refractivity contribution is 5.86. The molecule has 346 valence electrons. The molecule has 0 bridgehead atoms. The van der Waals surface area contributed by atoms with E-state index in [1.54, 1.807) is 6.07 Å². The van der Waals surface area contributed by atoms with E-state index < -0.39 is 36.3 Å². The quantitative estimate of drug-likeness (QED) is 0.0687. The first kappa shape index (κ1) is 45.9. The second-order valence-corrected chi connectivity index (χ2v) is 17.4. The first-order valence-electron chi connectivity index (χ1n) is 23.4. The van der Waals surface area contributed by atoms with Crippen molar-refractivity contribution in [3.8, 4) is 17.2 Å². The van der Waals surface area contributed by atoms with E-state index >= 15 is 0 Å². The van der Waals surface area contributed by atoms with E-state index in [0.29, 0.717) is 36.0 Å². The van der Waals surface area contributed by atoms with Gasteiger partial charge in [0.1, 0.15) is 42.4 Å². The lowest BCUT2D eigenvalue weighted by atomic mass is 9.89. The zero-order valence-corrected chi connectivity index (χ0v) is 37.9. The molecule has 0 spiro atoms. The predicted molar refractivity (Wildman–Crippen MR) is 256 cm³/mol. The molecular weight excluding hydrogens is 845 g/mol. The minimum atomic E-state index is -1.03. The van der Waals surface area contributed by atoms with Crippen LogP contribution in [0, 0.1) is 5.92 Å². The summed E-state index contributed by atoms with van der Waals surface area (Å²) in [4.78, 5) is 14.0. The van der Waals surface area contributed by atoms with Crippen LogP contribution in [0.3, 0.4) is 0 Å². The molecule has 5 atom stereocenters. The molecule has 9 rings (SSSR count). The molecule has 0 amide bonds. The molecule has 1 aromatic heterocycles. The van der Waals surface area contributed by atoms with Crippen molar-refractivity contribution < 1.29 is 42.3 Å². The number of benzene rings is 6. The summed E-state index contributed by atoms with van der Waals surface area (Å²) < 4.78 is 59.8. The zero-order chi connectivity index (χ0) is 45.6. The van der Waals surface area contributed by atoms with Crippen molar-refractivity contribution in [3.63, 3.8) is 0 Å². The van der Waals surface area contributed by atoms with Gasteiger partial charge in [-0.15, -0.1) is 0 Å². The summed E-state index contributed by atoms with van der Waals surface area (Å²) in [6.07, 6.45) is -0.192. The topological polar surface area (TPSA) is 104 Å². The van der Waals surface area contributed by atoms with Crippen molar-refractivity contribution in [2.24, 2.45) is 5.92 Å². The van der Waals surface area contributed by atoms with E-state index in [1.165, 1.54) is 0 Å². The van der Waals surface area contributed by atoms with Crippen LogP contribution in [0.2, 0.25) is 0 Å². The maximum absolute atomic E-state index is 14.0. The third-order valence-electron chi connectivity index (χ3n) is 12.4. The Labute approximate surface area is 392 Å². The van der Waals surface area contributed by atoms with Crippen molar-refractivity contribution in [1.82, 2.24) is 0 Å². The number of rotatable bonds is 20. The van der Waals surface area contributed by atoms with E-state index in [2.05, 4.69) is 6.92 Å². The molecule has 1 saturated carbocycles. The van der Waals surface area contributed by atoms with Gasteiger partial charge in [-0.3, -0.25) is 0 Å². The fourth-order valence-corrected chi connectivity index (χ4v) is 8.67. The standard InChI is InChI=1S/C57H58O10/c1-40-27-29-46(30-28-40)64-54-51(60-35-42-19-9-3-10-20-42)48-32-31-47(33-49(48)66-56(54)58)65-57-55(63-38-45-25-15-6-16-26-45)53(62-37-44-23-13-5-14-24-44)52(61-36-43-21-11-4-12-22-43)50(67-57)39-59-34-41-17-7-2-8-18-41/h2-26,31-33,40,46,50,52-53,55,57H,27-30,34-39H2,1H3/t40-,46+,50-,52-,53+,55+,57+/m1/s1. The van der Waals surface area contributed by atoms with Gasteiger partial charge >= 0.3 is 5.63 Å². The molecule has 7 aromatic rings. The molecule has 67 heavy (non-hydrogen) atoms. The fourth-order valence-electron chi connectivity index (χ4n) is 8.67. The summed E-state index contributed by atoms with van der Waals surface area (Å²) in [7, 11) is 0. The lowest BCUT2D eigenvalue weighted by Crippen LogP contribution is -2.62. The second kappa shape index (κ2) is 23.0. The van der Waals surface area contributed by atoms with Crippen molar-refractivity contribution >= 4 is 11.0 Å². The summed E-state index contributed by atoms with van der Waals surface area (Å²) in [6.45, 7) is 3.85. The van der Waals surface area contributed by atoms with Crippen molar-refractivity contribution in [2.75, 3.05) is 6.61 Å². The lowest BCUT2D eigenvalue weighted by Gasteiger charge is -2.45. The SMILES string of the molecule is C[C@H]1CC[C@@H](Oc2c(OCc3ccccc3)c3ccc(O[C@H]4O[C@H](COCc5ccccc5)[C@@H](OCc5ccccc5)[C@H](OCc5ccccc5)[C@@H]4OCc4ccccc4)cc3oc2=O)CC1. The normalized spacial score (nSPS) is 21.7. The smallest absolute Gasteiger partial charge is 0.383 e. The van der Waals surface area contributed by atoms with Gasteiger partial charge < -0.3 is 42.3 Å². The Morgan fingerprint density at radius 2 is 1.00 bits per heavy atom. The molecule has 1 saturated heterocycles. The summed E-state index contributed by atoms with van der Waals surface area (Å²) >= 11 is 0. The minimum Gasteiger partial charge on any atom is -0.484 e. The highest BCUT2D eigenvalue weighted by Crippen LogP contribution is 2.39. The molecule has 10 nitrogen and oxygen atoms in total. The van der Waals surface area contributed by atoms with Crippen molar-refractivity contribution in [1.29, 1.82) is 0 Å². The van der Waals surface area contributed by atoms with E-state index in [-0.39, 0.29) is 43.9 Å². The molecule has 0 radical (unpaired) electrons. The highest BCUT2D eigenvalue weighted by Gasteiger charge is 2.50. The van der Waals surface area contributed by atoms with Crippen molar-refractivity contribution in [3.05, 3.63) is 208 Å². The Balaban J connectivity index is 1.06. The Hall–Kier alpha value is -6.27. The average molecular weight is 903 g/mol. The maximum atomic E-state index is 14.0. The summed E-state index contributed by atoms with van der Waals surface area (Å²) in [6, 6.07) is 55.2. The first-order valence-corrected chi connectivity index (χ1v) is 23.4. The van der Waals surface area contributed by atoms with Gasteiger partial charge in [-0.05, 0) is 71.6 Å². The van der Waals surface area contributed by atoms with Gasteiger partial charge in [0.25, 0.3) is 0 Å². The van der Waals surface area contributed by atoms with Gasteiger partial charge in [-0.25, -0.2) is 4.79 Å². The molecule has 2 fully saturated rings. The van der Waals surface area contributed by atoms with Crippen LogP contribution in [-0.2, 0) is 56.7 Å². The third kappa shape index (κ3) is 12.4. The third-order valence-corrected chi connectivity index (χ3v) is 12.4. The molecule has 0 N–H and O–H groups in total. The van der Waals surface area contributed by atoms with Crippen LogP contribution >= 0.6 is 0 Å². The van der Waals surface area contributed by atoms with E-state index in [4.69, 9.17) is 42.3 Å². The van der Waals surface area contributed by atoms with E-state index in [0.717, 1.165) is 53.5 Å². The maximum Gasteiger partial charge on any atom is 0.383 e. The van der Waals surface area contributed by atoms with Gasteiger partial charge in [0.05, 0.1) is 44.5 Å². The van der Waals surface area contributed by atoms with Gasteiger partial charge in [-0.2, -0.15) is 0 Å². The van der Waals surface area contributed by atoms with Crippen LogP contribution in [0.15, 0.2) is 179 Å². The fraction of sp³-hybridized carbons (Fsp3) is 0.316. The Morgan fingerprint density at radius 1 is 0.507 bits per heavy atom. The van der Waals surface area contributed by atoms with E-state index in [1.807, 2.05) is 164 Å². The van der Waals surface area contributed by atoms with Crippen LogP contribution in [-0.4, -0.2) is 43.4 Å². The summed E-state index contributed by atoms with van der Waals surface area (Å²) in [5.41, 5.74) is 4.59. The van der Waals surface area contributed by atoms with Gasteiger partial charge in [0.2, 0.25) is 12.0 Å². The van der Waals surface area contributed by atoms with Crippen LogP contribution in [0.5, 0.6) is 17.2 Å². The lowest BCUT2D eigenvalue weighted by molar-refractivity contribution is -0.310. The van der Waals surface area contributed by atoms with Gasteiger partial charge in [0.15, 0.2) is 5.75 Å². The van der Waals surface area contributed by atoms with Crippen LogP contribution in [0.1, 0.15) is 60.4 Å². The number of hydrogen-bond acceptors (Lipinski definition) is 10. The molecule has 2 heterocycles. The first-order chi connectivity index (χ1) is 33.0. The molecule has 10 heteroatoms. The van der Waals surface area contributed by atoms with Crippen LogP contribution in [0.4, 0.5) is 0 Å². The van der Waals surface area contributed by atoms with Crippen molar-refractivity contribution in [2.45, 2.75) is 102 Å². The molecule has 1 aliphatic heterocycles. The number of hydrogen-bond donors (Lipinski definition) is 0. The van der Waals surface area contributed by atoms with Gasteiger partial charge in [0, 0.05) is 6.07 Å². The molecular formula is C57H58O10. The van der Waals surface area contributed by atoms with Crippen LogP contribution in [0.25, 0.3) is 11.0 Å². The van der Waals surface area contributed by atoms with E-state index in [9.17, 15) is 4.79 Å². The van der Waals surface area contributed by atoms with Gasteiger partial charge in [-0.1, -0.05) is 159 Å². The second-order valence-electron chi connectivity index (χ2n) is 17.4. The zero-order valence-electron chi connectivity index (χ0n) is 37.9. The number of ether oxygens (including phenoxy) is 8. The molecule has 1 aliphatic carbocycles. The summed E-state index contributed by atoms with van der Waals surface area (Å²) in [5.74, 6) is 1.42. The predicted octanol–water partition coefficient (Wildman–Crippen LogP) is 11.4. The van der Waals surface area contributed by atoms with Crippen LogP contribution < -0.4 is 19.8 Å².